The number of rotatable bonds is 6. The zero-order valence-electron chi connectivity index (χ0n) is 35.2. The molecule has 0 aliphatic heterocycles. The Bertz CT molecular complexity index is 1490. The van der Waals surface area contributed by atoms with Crippen molar-refractivity contribution in [2.24, 2.45) is 92.7 Å². The minimum Gasteiger partial charge on any atom is -0.481 e. The van der Waals surface area contributed by atoms with Crippen molar-refractivity contribution in [2.45, 2.75) is 192 Å². The number of hydrogen-bond donors (Lipinski definition) is 3. The molecule has 0 radical (unpaired) electrons. The number of hydrogen-bond acceptors (Lipinski definition) is 7. The average Bonchev–Trinajstić information content (AvgIpc) is 3.66. The summed E-state index contributed by atoms with van der Waals surface area (Å²) < 4.78 is 4.92. The van der Waals surface area contributed by atoms with Crippen LogP contribution in [0.15, 0.2) is 0 Å². The van der Waals surface area contributed by atoms with E-state index in [-0.39, 0.29) is 86.3 Å². The average molecular weight is 815 g/mol. The van der Waals surface area contributed by atoms with Gasteiger partial charge in [0.25, 0.3) is 0 Å². The number of carbonyl (C=O) groups is 4. The molecule has 3 N–H and O–H groups in total. The van der Waals surface area contributed by atoms with Crippen LogP contribution in [0.4, 0.5) is 0 Å². The SMILES string of the molecule is C.C.C.COC(=O)C[C@@H](C)[C@H]1CCC2[C@@H]3C(=O)C[C@@H]4C[C@H](O)CC[C@]4(C)C3CC[C@@]21C.C[C@H](CC(=O)O)[C@H]1CCC2[C@@H]3C(=O)C[C@@H]4C[C@H](O)CC[C@]4(C)C3CC[C@@]21C. The van der Waals surface area contributed by atoms with E-state index in [4.69, 9.17) is 4.74 Å². The lowest BCUT2D eigenvalue weighted by Gasteiger charge is -2.60. The lowest BCUT2D eigenvalue weighted by atomic mass is 9.44. The molecule has 0 spiro atoms. The third-order valence-electron chi connectivity index (χ3n) is 19.6. The number of methoxy groups -OCH3 is 1. The van der Waals surface area contributed by atoms with E-state index in [2.05, 4.69) is 41.5 Å². The fourth-order valence-corrected chi connectivity index (χ4v) is 16.7. The van der Waals surface area contributed by atoms with Crippen LogP contribution in [0.3, 0.4) is 0 Å². The number of fused-ring (bicyclic) bond motifs is 10. The summed E-state index contributed by atoms with van der Waals surface area (Å²) in [5.41, 5.74) is 0.698. The Hall–Kier alpha value is -1.80. The van der Waals surface area contributed by atoms with Gasteiger partial charge in [-0.15, -0.1) is 0 Å². The fourth-order valence-electron chi connectivity index (χ4n) is 16.7. The van der Waals surface area contributed by atoms with E-state index in [0.29, 0.717) is 84.1 Å². The summed E-state index contributed by atoms with van der Waals surface area (Å²) in [6.07, 6.45) is 16.1. The number of carbonyl (C=O) groups excluding carboxylic acids is 3. The smallest absolute Gasteiger partial charge is 0.305 e. The van der Waals surface area contributed by atoms with Gasteiger partial charge < -0.3 is 20.1 Å². The van der Waals surface area contributed by atoms with Crippen molar-refractivity contribution in [2.75, 3.05) is 7.11 Å². The van der Waals surface area contributed by atoms with E-state index in [9.17, 15) is 34.5 Å². The van der Waals surface area contributed by atoms with Gasteiger partial charge in [-0.25, -0.2) is 0 Å². The van der Waals surface area contributed by atoms with Crippen LogP contribution in [0.25, 0.3) is 0 Å². The summed E-state index contributed by atoms with van der Waals surface area (Å²) in [6, 6.07) is 0. The highest BCUT2D eigenvalue weighted by atomic mass is 16.5. The Morgan fingerprint density at radius 2 is 0.966 bits per heavy atom. The van der Waals surface area contributed by atoms with Gasteiger partial charge in [0.05, 0.1) is 19.3 Å². The summed E-state index contributed by atoms with van der Waals surface area (Å²) in [5, 5.41) is 29.6. The number of carboxylic acids is 1. The molecule has 0 aromatic carbocycles. The lowest BCUT2D eigenvalue weighted by molar-refractivity contribution is -0.161. The molecule has 8 fully saturated rings. The molecule has 334 valence electrons. The molecule has 18 atom stereocenters. The molecule has 8 aliphatic carbocycles. The molecule has 8 saturated carbocycles. The first kappa shape index (κ1) is 48.9. The molecule has 8 heteroatoms. The Kier molecular flexibility index (Phi) is 15.1. The van der Waals surface area contributed by atoms with Gasteiger partial charge in [-0.3, -0.25) is 19.2 Å². The zero-order valence-corrected chi connectivity index (χ0v) is 35.2. The van der Waals surface area contributed by atoms with Crippen molar-refractivity contribution >= 4 is 23.5 Å². The summed E-state index contributed by atoms with van der Waals surface area (Å²) in [7, 11) is 1.47. The summed E-state index contributed by atoms with van der Waals surface area (Å²) in [6.45, 7) is 13.9. The molecule has 8 rings (SSSR count). The second-order valence-electron chi connectivity index (χ2n) is 21.9. The highest BCUT2D eigenvalue weighted by molar-refractivity contribution is 5.84. The maximum atomic E-state index is 13.4. The highest BCUT2D eigenvalue weighted by Gasteiger charge is 2.65. The first-order valence-corrected chi connectivity index (χ1v) is 22.6. The predicted octanol–water partition coefficient (Wildman–Crippen LogP) is 10.6. The standard InChI is InChI=1S/C24H38O4.C23H36O4.3CH4/c1-14(11-21(27)28-4)17-5-6-18-22-19(8-10-24(17,18)3)23(2)9-7-16(25)12-15(23)13-20(22)26;1-13(10-20(26)27)16-4-5-17-21-18(7-9-23(16,17)3)22(2)8-6-15(24)11-14(22)12-19(21)25;;;/h14-19,22,25H,5-13H2,1-4H3;13-18,21,24H,4-12H2,1-3H3,(H,26,27);3*1H4/t14-,15+,16-,17-,18?,19?,22+,23+,24-;13-,14+,15-,16-,17?,18?,21+,22+,23-;;;/m11.../s1. The number of aliphatic carboxylic acids is 1. The number of aliphatic hydroxyl groups is 2. The maximum absolute atomic E-state index is 13.4. The molecule has 0 heterocycles. The van der Waals surface area contributed by atoms with Gasteiger partial charge in [-0.2, -0.15) is 0 Å². The van der Waals surface area contributed by atoms with Gasteiger partial charge in [-0.1, -0.05) is 63.8 Å². The van der Waals surface area contributed by atoms with Gasteiger partial charge >= 0.3 is 11.9 Å². The molecule has 0 aromatic heterocycles. The Balaban J connectivity index is 0.000000244. The van der Waals surface area contributed by atoms with Crippen molar-refractivity contribution in [3.63, 3.8) is 0 Å². The van der Waals surface area contributed by atoms with Crippen LogP contribution >= 0.6 is 0 Å². The number of carboxylic acid groups (broad SMARTS) is 1. The Morgan fingerprint density at radius 1 is 0.603 bits per heavy atom. The second kappa shape index (κ2) is 17.9. The van der Waals surface area contributed by atoms with Gasteiger partial charge in [0.15, 0.2) is 0 Å². The van der Waals surface area contributed by atoms with Crippen molar-refractivity contribution in [3.05, 3.63) is 0 Å². The topological polar surface area (TPSA) is 138 Å². The maximum Gasteiger partial charge on any atom is 0.305 e. The number of aliphatic hydroxyl groups excluding tert-OH is 2. The highest BCUT2D eigenvalue weighted by Crippen LogP contribution is 2.69. The van der Waals surface area contributed by atoms with Gasteiger partial charge in [0.2, 0.25) is 0 Å². The molecule has 0 bridgehead atoms. The van der Waals surface area contributed by atoms with E-state index < -0.39 is 5.97 Å². The van der Waals surface area contributed by atoms with Crippen LogP contribution in [0.5, 0.6) is 0 Å². The van der Waals surface area contributed by atoms with Crippen LogP contribution < -0.4 is 0 Å². The van der Waals surface area contributed by atoms with Crippen molar-refractivity contribution in [3.8, 4) is 0 Å². The molecule has 4 unspecified atom stereocenters. The van der Waals surface area contributed by atoms with Gasteiger partial charge in [-0.05, 0) is 171 Å². The number of ether oxygens (including phenoxy) is 1. The molecule has 8 nitrogen and oxygen atoms in total. The van der Waals surface area contributed by atoms with E-state index in [1.54, 1.807) is 0 Å². The number of Topliss-reactive ketones (excluding diaryl/α,β-unsaturated/α-hetero) is 2. The molecule has 58 heavy (non-hydrogen) atoms. The second-order valence-corrected chi connectivity index (χ2v) is 21.9. The minimum absolute atomic E-state index is 0. The van der Waals surface area contributed by atoms with E-state index in [1.165, 1.54) is 13.5 Å². The quantitative estimate of drug-likeness (QED) is 0.225. The van der Waals surface area contributed by atoms with Crippen LogP contribution in [-0.4, -0.2) is 58.1 Å². The fraction of sp³-hybridized carbons (Fsp3) is 0.920. The van der Waals surface area contributed by atoms with Crippen molar-refractivity contribution in [1.82, 2.24) is 0 Å². The molecule has 0 amide bonds. The van der Waals surface area contributed by atoms with E-state index in [0.717, 1.165) is 83.5 Å². The first-order valence-electron chi connectivity index (χ1n) is 22.6. The monoisotopic (exact) mass is 815 g/mol. The predicted molar refractivity (Wildman–Crippen MR) is 231 cm³/mol. The molecular formula is C50H86O8. The molecular weight excluding hydrogens is 729 g/mol. The third-order valence-corrected chi connectivity index (χ3v) is 19.6. The van der Waals surface area contributed by atoms with Gasteiger partial charge in [0, 0.05) is 37.5 Å². The lowest BCUT2D eigenvalue weighted by Crippen LogP contribution is -2.57. The van der Waals surface area contributed by atoms with Crippen LogP contribution in [-0.2, 0) is 23.9 Å². The van der Waals surface area contributed by atoms with E-state index in [1.807, 2.05) is 0 Å². The van der Waals surface area contributed by atoms with Crippen molar-refractivity contribution < 1.29 is 39.2 Å². The van der Waals surface area contributed by atoms with Crippen molar-refractivity contribution in [1.29, 1.82) is 0 Å². The van der Waals surface area contributed by atoms with Crippen LogP contribution in [0, 0.1) is 92.7 Å². The first-order chi connectivity index (χ1) is 25.9. The Labute approximate surface area is 353 Å². The van der Waals surface area contributed by atoms with Crippen LogP contribution in [0.1, 0.15) is 179 Å². The molecule has 8 aliphatic rings. The van der Waals surface area contributed by atoms with Gasteiger partial charge in [0.1, 0.15) is 11.6 Å². The Morgan fingerprint density at radius 3 is 1.34 bits per heavy atom. The summed E-state index contributed by atoms with van der Waals surface area (Å²) in [5.74, 6) is 4.44. The summed E-state index contributed by atoms with van der Waals surface area (Å²) >= 11 is 0. The van der Waals surface area contributed by atoms with Crippen LogP contribution in [0.2, 0.25) is 0 Å². The number of ketones is 2. The minimum atomic E-state index is -0.701. The molecule has 0 aromatic rings. The zero-order chi connectivity index (χ0) is 39.8. The third kappa shape index (κ3) is 8.03. The normalized spacial score (nSPS) is 47.1. The number of esters is 1. The largest absolute Gasteiger partial charge is 0.481 e. The molecule has 0 saturated heterocycles. The van der Waals surface area contributed by atoms with E-state index >= 15 is 0 Å². The summed E-state index contributed by atoms with van der Waals surface area (Å²) in [4.78, 5) is 49.8.